The standard InChI is InChI=1S/C22H48Cl2O2Si3/c1-27(2)21(23)17-13-9-7-11-15-19-25-29(5,6)26-20-16-12-8-10-14-18-22(24)28(3)4/h21-22H,7-20H2,1-6H3. The van der Waals surface area contributed by atoms with Gasteiger partial charge >= 0.3 is 8.56 Å². The summed E-state index contributed by atoms with van der Waals surface area (Å²) in [5, 5.41) is 0.882. The van der Waals surface area contributed by atoms with E-state index in [0.717, 1.165) is 26.1 Å². The molecule has 0 amide bonds. The molecule has 0 aliphatic carbocycles. The summed E-state index contributed by atoms with van der Waals surface area (Å²) < 4.78 is 12.2. The van der Waals surface area contributed by atoms with Crippen LogP contribution in [-0.4, -0.2) is 49.4 Å². The fraction of sp³-hybridized carbons (Fsp3) is 1.00. The van der Waals surface area contributed by atoms with Crippen LogP contribution >= 0.6 is 23.2 Å². The maximum Gasteiger partial charge on any atom is 0.331 e. The monoisotopic (exact) mass is 498 g/mol. The van der Waals surface area contributed by atoms with Gasteiger partial charge in [0.25, 0.3) is 0 Å². The molecule has 0 N–H and O–H groups in total. The lowest BCUT2D eigenvalue weighted by molar-refractivity contribution is 0.172. The van der Waals surface area contributed by atoms with Gasteiger partial charge < -0.3 is 8.85 Å². The highest BCUT2D eigenvalue weighted by Gasteiger charge is 2.23. The molecule has 0 aromatic carbocycles. The topological polar surface area (TPSA) is 18.5 Å². The maximum atomic E-state index is 6.35. The van der Waals surface area contributed by atoms with E-state index in [1.165, 1.54) is 64.2 Å². The predicted molar refractivity (Wildman–Crippen MR) is 139 cm³/mol. The van der Waals surface area contributed by atoms with E-state index in [1.807, 2.05) is 0 Å². The number of unbranched alkanes of at least 4 members (excludes halogenated alkanes) is 8. The van der Waals surface area contributed by atoms with Crippen molar-refractivity contribution in [3.05, 3.63) is 0 Å². The third-order valence-electron chi connectivity index (χ3n) is 5.36. The first kappa shape index (κ1) is 30.2. The molecule has 0 bridgehead atoms. The van der Waals surface area contributed by atoms with Crippen LogP contribution in [-0.2, 0) is 8.85 Å². The fourth-order valence-electron chi connectivity index (χ4n) is 3.17. The van der Waals surface area contributed by atoms with Crippen LogP contribution in [0.3, 0.4) is 0 Å². The molecule has 0 aromatic rings. The van der Waals surface area contributed by atoms with E-state index < -0.39 is 8.56 Å². The summed E-state index contributed by atoms with van der Waals surface area (Å²) in [6.45, 7) is 15.3. The molecule has 0 saturated heterocycles. The molecule has 0 heterocycles. The number of alkyl halides is 2. The van der Waals surface area contributed by atoms with Crippen LogP contribution in [0.5, 0.6) is 0 Å². The van der Waals surface area contributed by atoms with Crippen LogP contribution in [0.2, 0.25) is 39.3 Å². The minimum Gasteiger partial charge on any atom is -0.395 e. The van der Waals surface area contributed by atoms with Gasteiger partial charge in [0.1, 0.15) is 0 Å². The molecular formula is C22H48Cl2O2Si3. The van der Waals surface area contributed by atoms with Crippen molar-refractivity contribution >= 4 is 49.4 Å². The molecule has 174 valence electrons. The van der Waals surface area contributed by atoms with Gasteiger partial charge in [0.05, 0.1) is 17.6 Å². The first-order valence-corrected chi connectivity index (χ1v) is 20.7. The van der Waals surface area contributed by atoms with E-state index in [-0.39, 0.29) is 17.6 Å². The Morgan fingerprint density at radius 2 is 0.897 bits per heavy atom. The Morgan fingerprint density at radius 1 is 0.586 bits per heavy atom. The average Bonchev–Trinajstić information content (AvgIpc) is 2.65. The Hall–Kier alpha value is 1.15. The molecule has 7 heteroatoms. The first-order chi connectivity index (χ1) is 13.7. The highest BCUT2D eigenvalue weighted by Crippen LogP contribution is 2.16. The van der Waals surface area contributed by atoms with E-state index in [4.69, 9.17) is 32.1 Å². The summed E-state index contributed by atoms with van der Waals surface area (Å²) in [7, 11) is -2.58. The molecule has 2 unspecified atom stereocenters. The molecule has 0 aliphatic rings. The molecule has 0 aromatic heterocycles. The van der Waals surface area contributed by atoms with E-state index in [2.05, 4.69) is 39.3 Å². The Bertz CT molecular complexity index is 340. The Morgan fingerprint density at radius 3 is 1.24 bits per heavy atom. The normalized spacial score (nSPS) is 14.7. The second kappa shape index (κ2) is 18.7. The lowest BCUT2D eigenvalue weighted by atomic mass is 10.1. The van der Waals surface area contributed by atoms with Gasteiger partial charge in [0.2, 0.25) is 0 Å². The smallest absolute Gasteiger partial charge is 0.331 e. The molecule has 0 rings (SSSR count). The lowest BCUT2D eigenvalue weighted by Gasteiger charge is -2.23. The SMILES string of the molecule is C[Si](C)C(Cl)CCCCCCCO[Si](C)(C)OCCCCCCCC(Cl)[Si](C)C. The zero-order valence-corrected chi connectivity index (χ0v) is 24.6. The predicted octanol–water partition coefficient (Wildman–Crippen LogP) is 8.20. The zero-order chi connectivity index (χ0) is 22.1. The van der Waals surface area contributed by atoms with Crippen molar-refractivity contribution in [2.24, 2.45) is 0 Å². The van der Waals surface area contributed by atoms with Crippen LogP contribution in [0.25, 0.3) is 0 Å². The summed E-state index contributed by atoms with van der Waals surface area (Å²) in [5.41, 5.74) is 0. The first-order valence-electron chi connectivity index (χ1n) is 11.8. The van der Waals surface area contributed by atoms with Crippen LogP contribution in [0.15, 0.2) is 0 Å². The molecule has 0 saturated carbocycles. The molecule has 0 aliphatic heterocycles. The van der Waals surface area contributed by atoms with Crippen molar-refractivity contribution in [2.45, 2.75) is 126 Å². The van der Waals surface area contributed by atoms with Crippen molar-refractivity contribution in [3.63, 3.8) is 0 Å². The average molecular weight is 500 g/mol. The summed E-state index contributed by atoms with van der Waals surface area (Å²) in [4.78, 5) is 0. The van der Waals surface area contributed by atoms with Crippen molar-refractivity contribution in [2.75, 3.05) is 13.2 Å². The Kier molecular flexibility index (Phi) is 19.4. The molecular weight excluding hydrogens is 451 g/mol. The van der Waals surface area contributed by atoms with E-state index >= 15 is 0 Å². The second-order valence-corrected chi connectivity index (χ2v) is 20.2. The molecule has 29 heavy (non-hydrogen) atoms. The molecule has 0 fully saturated rings. The summed E-state index contributed by atoms with van der Waals surface area (Å²) in [5.74, 6) is 0. The minimum atomic E-state index is -1.94. The number of hydrogen-bond acceptors (Lipinski definition) is 2. The van der Waals surface area contributed by atoms with Crippen LogP contribution in [0.1, 0.15) is 77.0 Å². The molecule has 0 spiro atoms. The van der Waals surface area contributed by atoms with Gasteiger partial charge in [-0.05, 0) is 38.8 Å². The minimum absolute atomic E-state index is 0.319. The third kappa shape index (κ3) is 19.6. The van der Waals surface area contributed by atoms with E-state index in [0.29, 0.717) is 10.0 Å². The van der Waals surface area contributed by atoms with Gasteiger partial charge in [-0.3, -0.25) is 0 Å². The van der Waals surface area contributed by atoms with Crippen LogP contribution in [0, 0.1) is 0 Å². The summed E-state index contributed by atoms with van der Waals surface area (Å²) in [6.07, 6.45) is 15.0. The lowest BCUT2D eigenvalue weighted by Crippen LogP contribution is -2.35. The van der Waals surface area contributed by atoms with E-state index in [1.54, 1.807) is 0 Å². The van der Waals surface area contributed by atoms with Crippen molar-refractivity contribution in [1.29, 1.82) is 0 Å². The second-order valence-electron chi connectivity index (χ2n) is 9.30. The quantitative estimate of drug-likeness (QED) is 0.0954. The van der Waals surface area contributed by atoms with Crippen LogP contribution in [0.4, 0.5) is 0 Å². The van der Waals surface area contributed by atoms with Gasteiger partial charge in [-0.15, -0.1) is 23.2 Å². The van der Waals surface area contributed by atoms with Gasteiger partial charge in [-0.1, -0.05) is 77.6 Å². The van der Waals surface area contributed by atoms with Crippen molar-refractivity contribution in [1.82, 2.24) is 0 Å². The van der Waals surface area contributed by atoms with Gasteiger partial charge in [0, 0.05) is 23.2 Å². The maximum absolute atomic E-state index is 6.35. The molecule has 2 nitrogen and oxygen atoms in total. The van der Waals surface area contributed by atoms with Crippen LogP contribution < -0.4 is 0 Å². The third-order valence-corrected chi connectivity index (χ3v) is 13.3. The highest BCUT2D eigenvalue weighted by molar-refractivity contribution is 6.67. The summed E-state index contributed by atoms with van der Waals surface area (Å²) in [6, 6.07) is 0. The van der Waals surface area contributed by atoms with Crippen molar-refractivity contribution in [3.8, 4) is 0 Å². The fourth-order valence-corrected chi connectivity index (χ4v) is 6.39. The highest BCUT2D eigenvalue weighted by atomic mass is 35.5. The summed E-state index contributed by atoms with van der Waals surface area (Å²) >= 11 is 12.7. The molecule has 2 radical (unpaired) electrons. The zero-order valence-electron chi connectivity index (χ0n) is 20.1. The number of rotatable bonds is 20. The largest absolute Gasteiger partial charge is 0.395 e. The van der Waals surface area contributed by atoms with Gasteiger partial charge in [-0.25, -0.2) is 0 Å². The van der Waals surface area contributed by atoms with E-state index in [9.17, 15) is 0 Å². The van der Waals surface area contributed by atoms with Gasteiger partial charge in [0.15, 0.2) is 0 Å². The molecule has 2 atom stereocenters. The van der Waals surface area contributed by atoms with Gasteiger partial charge in [-0.2, -0.15) is 0 Å². The number of halogens is 2. The van der Waals surface area contributed by atoms with Crippen molar-refractivity contribution < 1.29 is 8.85 Å². The Balaban J connectivity index is 3.47. The Labute approximate surface area is 197 Å². The number of hydrogen-bond donors (Lipinski definition) is 0.